The number of carbonyl (C=O) groups is 1. The van der Waals surface area contributed by atoms with Gasteiger partial charge in [0.05, 0.1) is 5.56 Å². The minimum absolute atomic E-state index is 0. The second-order valence-corrected chi connectivity index (χ2v) is 5.31. The van der Waals surface area contributed by atoms with Gasteiger partial charge in [-0.25, -0.2) is 0 Å². The van der Waals surface area contributed by atoms with Crippen LogP contribution in [0.1, 0.15) is 25.3 Å². The van der Waals surface area contributed by atoms with Crippen LogP contribution >= 0.6 is 12.4 Å². The summed E-state index contributed by atoms with van der Waals surface area (Å²) >= 11 is 0. The molecule has 8 heteroatoms. The van der Waals surface area contributed by atoms with Gasteiger partial charge in [-0.3, -0.25) is 4.79 Å². The average Bonchev–Trinajstić information content (AvgIpc) is 2.47. The molecular weight excluding hydrogens is 333 g/mol. The summed E-state index contributed by atoms with van der Waals surface area (Å²) in [6, 6.07) is 4.87. The molecule has 0 spiro atoms. The minimum atomic E-state index is -4.51. The summed E-state index contributed by atoms with van der Waals surface area (Å²) in [5, 5.41) is 5.94. The van der Waals surface area contributed by atoms with Gasteiger partial charge in [0.15, 0.2) is 6.10 Å². The molecule has 1 aromatic carbocycles. The van der Waals surface area contributed by atoms with Crippen molar-refractivity contribution in [1.29, 1.82) is 0 Å². The highest BCUT2D eigenvalue weighted by Gasteiger charge is 2.35. The van der Waals surface area contributed by atoms with E-state index in [4.69, 9.17) is 4.74 Å². The molecule has 2 rings (SSSR count). The van der Waals surface area contributed by atoms with Crippen LogP contribution < -0.4 is 15.4 Å². The first-order valence-electron chi connectivity index (χ1n) is 7.22. The number of hydrogen-bond acceptors (Lipinski definition) is 3. The quantitative estimate of drug-likeness (QED) is 0.876. The number of carbonyl (C=O) groups excluding carboxylic acids is 1. The van der Waals surface area contributed by atoms with Crippen LogP contribution in [0.5, 0.6) is 5.75 Å². The van der Waals surface area contributed by atoms with Crippen LogP contribution in [0.4, 0.5) is 13.2 Å². The molecule has 1 aliphatic rings. The maximum Gasteiger partial charge on any atom is 0.419 e. The number of benzene rings is 1. The second kappa shape index (κ2) is 8.40. The average molecular weight is 353 g/mol. The lowest BCUT2D eigenvalue weighted by Crippen LogP contribution is -2.49. The molecule has 1 saturated heterocycles. The summed E-state index contributed by atoms with van der Waals surface area (Å²) in [7, 11) is 0. The van der Waals surface area contributed by atoms with Gasteiger partial charge in [-0.15, -0.1) is 12.4 Å². The Kier molecular flexibility index (Phi) is 7.15. The van der Waals surface area contributed by atoms with E-state index in [0.29, 0.717) is 6.54 Å². The molecular formula is C15H20ClF3N2O2. The number of piperidine rings is 1. The van der Waals surface area contributed by atoms with E-state index in [1.807, 2.05) is 0 Å². The highest BCUT2D eigenvalue weighted by molar-refractivity contribution is 5.85. The first-order chi connectivity index (χ1) is 10.4. The summed E-state index contributed by atoms with van der Waals surface area (Å²) in [6.45, 7) is 3.02. The fourth-order valence-electron chi connectivity index (χ4n) is 2.34. The van der Waals surface area contributed by atoms with E-state index in [1.165, 1.54) is 25.1 Å². The lowest BCUT2D eigenvalue weighted by atomic mass is 10.1. The fourth-order valence-corrected chi connectivity index (χ4v) is 2.34. The van der Waals surface area contributed by atoms with Crippen molar-refractivity contribution in [1.82, 2.24) is 10.6 Å². The molecule has 0 aromatic heterocycles. The van der Waals surface area contributed by atoms with Gasteiger partial charge in [-0.2, -0.15) is 13.2 Å². The Labute approximate surface area is 139 Å². The SMILES string of the molecule is CC(Oc1ccccc1C(F)(F)F)C(=O)NC1CCCNC1.Cl. The van der Waals surface area contributed by atoms with Crippen molar-refractivity contribution in [3.8, 4) is 5.75 Å². The molecule has 2 atom stereocenters. The lowest BCUT2D eigenvalue weighted by Gasteiger charge is -2.25. The molecule has 0 aliphatic carbocycles. The van der Waals surface area contributed by atoms with Crippen LogP contribution in [0.25, 0.3) is 0 Å². The molecule has 1 heterocycles. The summed E-state index contributed by atoms with van der Waals surface area (Å²) < 4.78 is 43.9. The molecule has 1 aliphatic heterocycles. The summed E-state index contributed by atoms with van der Waals surface area (Å²) in [5.74, 6) is -0.745. The van der Waals surface area contributed by atoms with Gasteiger partial charge < -0.3 is 15.4 Å². The van der Waals surface area contributed by atoms with Crippen LogP contribution in [-0.4, -0.2) is 31.1 Å². The Balaban J connectivity index is 0.00000264. The van der Waals surface area contributed by atoms with E-state index in [0.717, 1.165) is 25.5 Å². The lowest BCUT2D eigenvalue weighted by molar-refractivity contribution is -0.140. The third-order valence-corrected chi connectivity index (χ3v) is 3.51. The predicted octanol–water partition coefficient (Wildman–Crippen LogP) is 2.76. The zero-order chi connectivity index (χ0) is 16.2. The smallest absolute Gasteiger partial charge is 0.419 e. The van der Waals surface area contributed by atoms with Crippen molar-refractivity contribution in [3.63, 3.8) is 0 Å². The van der Waals surface area contributed by atoms with E-state index < -0.39 is 23.8 Å². The van der Waals surface area contributed by atoms with Crippen molar-refractivity contribution in [2.45, 2.75) is 38.1 Å². The Hall–Kier alpha value is -1.47. The number of para-hydroxylation sites is 1. The third kappa shape index (κ3) is 5.58. The molecule has 1 amide bonds. The largest absolute Gasteiger partial charge is 0.480 e. The topological polar surface area (TPSA) is 50.4 Å². The van der Waals surface area contributed by atoms with Gasteiger partial charge in [-0.1, -0.05) is 12.1 Å². The van der Waals surface area contributed by atoms with Crippen LogP contribution in [0.15, 0.2) is 24.3 Å². The number of ether oxygens (including phenoxy) is 1. The van der Waals surface area contributed by atoms with Crippen LogP contribution in [0.3, 0.4) is 0 Å². The van der Waals surface area contributed by atoms with Crippen molar-refractivity contribution in [2.75, 3.05) is 13.1 Å². The second-order valence-electron chi connectivity index (χ2n) is 5.31. The van der Waals surface area contributed by atoms with Crippen LogP contribution in [-0.2, 0) is 11.0 Å². The van der Waals surface area contributed by atoms with Gasteiger partial charge in [0.2, 0.25) is 0 Å². The molecule has 1 aromatic rings. The first-order valence-corrected chi connectivity index (χ1v) is 7.22. The van der Waals surface area contributed by atoms with Gasteiger partial charge in [0, 0.05) is 12.6 Å². The Morgan fingerprint density at radius 3 is 2.70 bits per heavy atom. The van der Waals surface area contributed by atoms with Gasteiger partial charge >= 0.3 is 6.18 Å². The highest BCUT2D eigenvalue weighted by Crippen LogP contribution is 2.36. The van der Waals surface area contributed by atoms with E-state index in [2.05, 4.69) is 10.6 Å². The third-order valence-electron chi connectivity index (χ3n) is 3.51. The van der Waals surface area contributed by atoms with Gasteiger partial charge in [0.25, 0.3) is 5.91 Å². The summed E-state index contributed by atoms with van der Waals surface area (Å²) in [5.41, 5.74) is -0.881. The molecule has 2 unspecified atom stereocenters. The molecule has 0 radical (unpaired) electrons. The van der Waals surface area contributed by atoms with Crippen molar-refractivity contribution in [2.24, 2.45) is 0 Å². The Bertz CT molecular complexity index is 520. The first kappa shape index (κ1) is 19.6. The maximum atomic E-state index is 12.9. The van der Waals surface area contributed by atoms with Crippen molar-refractivity contribution < 1.29 is 22.7 Å². The van der Waals surface area contributed by atoms with Crippen molar-refractivity contribution in [3.05, 3.63) is 29.8 Å². The number of halogens is 4. The predicted molar refractivity (Wildman–Crippen MR) is 82.8 cm³/mol. The normalized spacial score (nSPS) is 19.4. The van der Waals surface area contributed by atoms with E-state index in [1.54, 1.807) is 0 Å². The molecule has 2 N–H and O–H groups in total. The van der Waals surface area contributed by atoms with Crippen LogP contribution in [0.2, 0.25) is 0 Å². The Morgan fingerprint density at radius 2 is 2.09 bits per heavy atom. The molecule has 4 nitrogen and oxygen atoms in total. The number of alkyl halides is 3. The standard InChI is InChI=1S/C15H19F3N2O2.ClH/c1-10(14(21)20-11-5-4-8-19-9-11)22-13-7-3-2-6-12(13)15(16,17)18;/h2-3,6-7,10-11,19H,4-5,8-9H2,1H3,(H,20,21);1H. The number of rotatable bonds is 4. The molecule has 0 bridgehead atoms. The van der Waals surface area contributed by atoms with Crippen molar-refractivity contribution >= 4 is 18.3 Å². The zero-order valence-electron chi connectivity index (χ0n) is 12.7. The van der Waals surface area contributed by atoms with E-state index in [9.17, 15) is 18.0 Å². The number of hydrogen-bond donors (Lipinski definition) is 2. The summed E-state index contributed by atoms with van der Waals surface area (Å²) in [6.07, 6.45) is -3.70. The summed E-state index contributed by atoms with van der Waals surface area (Å²) in [4.78, 5) is 12.0. The molecule has 130 valence electrons. The van der Waals surface area contributed by atoms with Crippen LogP contribution in [0, 0.1) is 0 Å². The number of nitrogens with one attached hydrogen (secondary N) is 2. The molecule has 0 saturated carbocycles. The van der Waals surface area contributed by atoms with E-state index >= 15 is 0 Å². The van der Waals surface area contributed by atoms with Gasteiger partial charge in [0.1, 0.15) is 5.75 Å². The zero-order valence-corrected chi connectivity index (χ0v) is 13.5. The molecule has 23 heavy (non-hydrogen) atoms. The molecule has 1 fully saturated rings. The fraction of sp³-hybridized carbons (Fsp3) is 0.533. The minimum Gasteiger partial charge on any atom is -0.480 e. The number of amides is 1. The van der Waals surface area contributed by atoms with Gasteiger partial charge in [-0.05, 0) is 38.4 Å². The Morgan fingerprint density at radius 1 is 1.39 bits per heavy atom. The highest BCUT2D eigenvalue weighted by atomic mass is 35.5. The maximum absolute atomic E-state index is 12.9. The monoisotopic (exact) mass is 352 g/mol. The van der Waals surface area contributed by atoms with E-state index in [-0.39, 0.29) is 24.2 Å².